The molecule has 6 nitrogen and oxygen atoms in total. The average Bonchev–Trinajstić information content (AvgIpc) is 2.94. The number of rotatable bonds is 5. The van der Waals surface area contributed by atoms with Crippen molar-refractivity contribution in [1.82, 2.24) is 9.80 Å². The Hall–Kier alpha value is -2.60. The molecule has 2 amide bonds. The van der Waals surface area contributed by atoms with Crippen LogP contribution in [-0.4, -0.2) is 60.5 Å². The molecule has 3 rings (SSSR count). The maximum atomic E-state index is 12.6. The molecule has 2 aromatic carbocycles. The van der Waals surface area contributed by atoms with E-state index in [0.717, 1.165) is 11.9 Å². The molecule has 0 spiro atoms. The molecule has 1 saturated heterocycles. The Morgan fingerprint density at radius 3 is 2.72 bits per heavy atom. The van der Waals surface area contributed by atoms with Gasteiger partial charge in [-0.2, -0.15) is 0 Å². The Morgan fingerprint density at radius 2 is 2.00 bits per heavy atom. The fourth-order valence-electron chi connectivity index (χ4n) is 3.14. The van der Waals surface area contributed by atoms with Crippen molar-refractivity contribution in [2.24, 2.45) is 5.92 Å². The molecular weight excluding hydrogens is 318 g/mol. The van der Waals surface area contributed by atoms with Gasteiger partial charge in [0.1, 0.15) is 5.75 Å². The van der Waals surface area contributed by atoms with E-state index in [0.29, 0.717) is 24.2 Å². The maximum absolute atomic E-state index is 12.6. The summed E-state index contributed by atoms with van der Waals surface area (Å²) in [5, 5.41) is 14.5. The SMILES string of the molecule is CN(C)CCN1CC(C(=O)Nc2cccc3cccc(O)c23)CC1=O. The smallest absolute Gasteiger partial charge is 0.229 e. The molecule has 1 heterocycles. The second-order valence-corrected chi connectivity index (χ2v) is 6.71. The fourth-order valence-corrected chi connectivity index (χ4v) is 3.14. The molecule has 1 aliphatic rings. The Bertz CT molecular complexity index is 798. The molecular formula is C19H23N3O3. The van der Waals surface area contributed by atoms with Crippen molar-refractivity contribution in [3.8, 4) is 5.75 Å². The molecule has 0 bridgehead atoms. The maximum Gasteiger partial charge on any atom is 0.229 e. The van der Waals surface area contributed by atoms with Gasteiger partial charge >= 0.3 is 0 Å². The van der Waals surface area contributed by atoms with E-state index in [4.69, 9.17) is 0 Å². The molecule has 0 aromatic heterocycles. The topological polar surface area (TPSA) is 72.9 Å². The first-order valence-corrected chi connectivity index (χ1v) is 8.40. The minimum atomic E-state index is -0.365. The molecule has 0 saturated carbocycles. The molecule has 0 aliphatic carbocycles. The Morgan fingerprint density at radius 1 is 1.28 bits per heavy atom. The summed E-state index contributed by atoms with van der Waals surface area (Å²) in [5.74, 6) is -0.404. The number of hydrogen-bond donors (Lipinski definition) is 2. The second kappa shape index (κ2) is 7.11. The highest BCUT2D eigenvalue weighted by molar-refractivity contribution is 6.06. The molecule has 1 aliphatic heterocycles. The Kier molecular flexibility index (Phi) is 4.90. The van der Waals surface area contributed by atoms with Crippen LogP contribution in [-0.2, 0) is 9.59 Å². The highest BCUT2D eigenvalue weighted by Crippen LogP contribution is 2.32. The summed E-state index contributed by atoms with van der Waals surface area (Å²) in [6.45, 7) is 1.84. The lowest BCUT2D eigenvalue weighted by molar-refractivity contribution is -0.128. The van der Waals surface area contributed by atoms with Gasteiger partial charge in [-0.25, -0.2) is 0 Å². The van der Waals surface area contributed by atoms with Gasteiger partial charge in [0.25, 0.3) is 0 Å². The van der Waals surface area contributed by atoms with E-state index in [1.807, 2.05) is 37.2 Å². The van der Waals surface area contributed by atoms with Gasteiger partial charge in [-0.15, -0.1) is 0 Å². The fraction of sp³-hybridized carbons (Fsp3) is 0.368. The molecule has 132 valence electrons. The molecule has 6 heteroatoms. The average molecular weight is 341 g/mol. The van der Waals surface area contributed by atoms with Gasteiger partial charge in [0.15, 0.2) is 0 Å². The van der Waals surface area contributed by atoms with Crippen molar-refractivity contribution in [2.45, 2.75) is 6.42 Å². The number of anilines is 1. The normalized spacial score (nSPS) is 17.5. The number of nitrogens with zero attached hydrogens (tertiary/aromatic N) is 2. The number of carbonyl (C=O) groups excluding carboxylic acids is 2. The Balaban J connectivity index is 1.72. The van der Waals surface area contributed by atoms with Gasteiger partial charge in [-0.05, 0) is 31.6 Å². The zero-order valence-corrected chi connectivity index (χ0v) is 14.5. The summed E-state index contributed by atoms with van der Waals surface area (Å²) in [4.78, 5) is 28.5. The lowest BCUT2D eigenvalue weighted by Crippen LogP contribution is -2.34. The highest BCUT2D eigenvalue weighted by atomic mass is 16.3. The van der Waals surface area contributed by atoms with Crippen LogP contribution in [0.15, 0.2) is 36.4 Å². The predicted molar refractivity (Wildman–Crippen MR) is 97.5 cm³/mol. The van der Waals surface area contributed by atoms with E-state index in [-0.39, 0.29) is 29.9 Å². The van der Waals surface area contributed by atoms with Gasteiger partial charge in [-0.1, -0.05) is 24.3 Å². The minimum absolute atomic E-state index is 0.0165. The van der Waals surface area contributed by atoms with Crippen LogP contribution >= 0.6 is 0 Å². The number of fused-ring (bicyclic) bond motifs is 1. The lowest BCUT2D eigenvalue weighted by Gasteiger charge is -2.19. The molecule has 25 heavy (non-hydrogen) atoms. The molecule has 1 unspecified atom stereocenters. The first-order chi connectivity index (χ1) is 12.0. The van der Waals surface area contributed by atoms with Crippen LogP contribution in [0.1, 0.15) is 6.42 Å². The van der Waals surface area contributed by atoms with Crippen LogP contribution in [0, 0.1) is 5.92 Å². The minimum Gasteiger partial charge on any atom is -0.507 e. The number of likely N-dealkylation sites (N-methyl/N-ethyl adjacent to an activating group) is 1. The zero-order valence-electron chi connectivity index (χ0n) is 14.5. The number of carbonyl (C=O) groups is 2. The summed E-state index contributed by atoms with van der Waals surface area (Å²) in [6, 6.07) is 10.7. The second-order valence-electron chi connectivity index (χ2n) is 6.71. The zero-order chi connectivity index (χ0) is 18.0. The van der Waals surface area contributed by atoms with Crippen molar-refractivity contribution < 1.29 is 14.7 Å². The van der Waals surface area contributed by atoms with Crippen molar-refractivity contribution in [1.29, 1.82) is 0 Å². The van der Waals surface area contributed by atoms with E-state index in [2.05, 4.69) is 5.32 Å². The number of aromatic hydroxyl groups is 1. The van der Waals surface area contributed by atoms with Gasteiger partial charge in [0.05, 0.1) is 11.6 Å². The van der Waals surface area contributed by atoms with E-state index in [1.165, 1.54) is 0 Å². The van der Waals surface area contributed by atoms with Gasteiger partial charge in [-0.3, -0.25) is 9.59 Å². The molecule has 1 fully saturated rings. The highest BCUT2D eigenvalue weighted by Gasteiger charge is 2.34. The van der Waals surface area contributed by atoms with Gasteiger partial charge in [0, 0.05) is 31.4 Å². The summed E-state index contributed by atoms with van der Waals surface area (Å²) in [7, 11) is 3.91. The van der Waals surface area contributed by atoms with E-state index < -0.39 is 0 Å². The van der Waals surface area contributed by atoms with E-state index in [9.17, 15) is 14.7 Å². The van der Waals surface area contributed by atoms with Crippen molar-refractivity contribution in [3.05, 3.63) is 36.4 Å². The standard InChI is InChI=1S/C19H23N3O3/c1-21(2)9-10-22-12-14(11-17(22)24)19(25)20-15-7-3-5-13-6-4-8-16(23)18(13)15/h3-8,14,23H,9-12H2,1-2H3,(H,20,25). The quantitative estimate of drug-likeness (QED) is 0.871. The van der Waals surface area contributed by atoms with E-state index >= 15 is 0 Å². The van der Waals surface area contributed by atoms with E-state index in [1.54, 1.807) is 23.1 Å². The summed E-state index contributed by atoms with van der Waals surface area (Å²) < 4.78 is 0. The monoisotopic (exact) mass is 341 g/mol. The molecule has 1 atom stereocenters. The van der Waals surface area contributed by atoms with Crippen LogP contribution in [0.25, 0.3) is 10.8 Å². The van der Waals surface area contributed by atoms with Crippen molar-refractivity contribution >= 4 is 28.3 Å². The number of amides is 2. The lowest BCUT2D eigenvalue weighted by atomic mass is 10.1. The predicted octanol–water partition coefficient (Wildman–Crippen LogP) is 1.89. The number of benzene rings is 2. The van der Waals surface area contributed by atoms with Crippen molar-refractivity contribution in [2.75, 3.05) is 39.0 Å². The number of phenols is 1. The van der Waals surface area contributed by atoms with Crippen molar-refractivity contribution in [3.63, 3.8) is 0 Å². The third-order valence-corrected chi connectivity index (χ3v) is 4.54. The van der Waals surface area contributed by atoms with Crippen LogP contribution in [0.2, 0.25) is 0 Å². The van der Waals surface area contributed by atoms with Gasteiger partial charge < -0.3 is 20.2 Å². The van der Waals surface area contributed by atoms with Crippen LogP contribution in [0.4, 0.5) is 5.69 Å². The summed E-state index contributed by atoms with van der Waals surface area (Å²) in [6.07, 6.45) is 0.232. The van der Waals surface area contributed by atoms with Gasteiger partial charge in [0.2, 0.25) is 11.8 Å². The summed E-state index contributed by atoms with van der Waals surface area (Å²) >= 11 is 0. The number of phenolic OH excluding ortho intramolecular Hbond substituents is 1. The Labute approximate surface area is 147 Å². The van der Waals surface area contributed by atoms with Crippen LogP contribution in [0.3, 0.4) is 0 Å². The molecule has 0 radical (unpaired) electrons. The number of hydrogen-bond acceptors (Lipinski definition) is 4. The molecule has 2 aromatic rings. The van der Waals surface area contributed by atoms with Crippen LogP contribution < -0.4 is 5.32 Å². The number of nitrogens with one attached hydrogen (secondary N) is 1. The first-order valence-electron chi connectivity index (χ1n) is 8.40. The molecule has 2 N–H and O–H groups in total. The third-order valence-electron chi connectivity index (χ3n) is 4.54. The van der Waals surface area contributed by atoms with Crippen LogP contribution in [0.5, 0.6) is 5.75 Å². The summed E-state index contributed by atoms with van der Waals surface area (Å²) in [5.41, 5.74) is 0.569. The third kappa shape index (κ3) is 3.74. The first kappa shape index (κ1) is 17.2. The largest absolute Gasteiger partial charge is 0.507 e. The number of likely N-dealkylation sites (tertiary alicyclic amines) is 1.